The molecule has 1 atom stereocenters. The van der Waals surface area contributed by atoms with Gasteiger partial charge in [-0.15, -0.1) is 0 Å². The molecule has 0 radical (unpaired) electrons. The van der Waals surface area contributed by atoms with Crippen molar-refractivity contribution in [3.63, 3.8) is 0 Å². The first-order valence-corrected chi connectivity index (χ1v) is 8.61. The Hall–Kier alpha value is -2.23. The molecule has 0 saturated carbocycles. The van der Waals surface area contributed by atoms with Crippen molar-refractivity contribution in [1.82, 2.24) is 14.9 Å². The highest BCUT2D eigenvalue weighted by Gasteiger charge is 2.36. The van der Waals surface area contributed by atoms with Crippen LogP contribution in [0.1, 0.15) is 49.4 Å². The molecule has 1 aliphatic rings. The van der Waals surface area contributed by atoms with Gasteiger partial charge in [-0.05, 0) is 45.2 Å². The highest BCUT2D eigenvalue weighted by Crippen LogP contribution is 2.31. The van der Waals surface area contributed by atoms with E-state index in [0.29, 0.717) is 5.92 Å². The van der Waals surface area contributed by atoms with Gasteiger partial charge in [-0.25, -0.2) is 9.97 Å². The van der Waals surface area contributed by atoms with Crippen LogP contribution in [0.4, 0.5) is 0 Å². The average molecular weight is 323 g/mol. The van der Waals surface area contributed by atoms with Crippen molar-refractivity contribution in [3.8, 4) is 0 Å². The number of carbonyl (C=O) groups excluding carboxylic acids is 1. The largest absolute Gasteiger partial charge is 0.341 e. The maximum Gasteiger partial charge on any atom is 0.232 e. The van der Waals surface area contributed by atoms with Crippen molar-refractivity contribution >= 4 is 5.91 Å². The number of aryl methyl sites for hydroxylation is 1. The zero-order valence-electron chi connectivity index (χ0n) is 14.7. The van der Waals surface area contributed by atoms with Crippen LogP contribution in [-0.4, -0.2) is 33.9 Å². The first kappa shape index (κ1) is 16.6. The summed E-state index contributed by atoms with van der Waals surface area (Å²) in [5.41, 5.74) is 2.81. The predicted molar refractivity (Wildman–Crippen MR) is 94.8 cm³/mol. The second kappa shape index (κ2) is 6.71. The molecule has 1 fully saturated rings. The molecule has 3 rings (SSSR count). The fourth-order valence-electron chi connectivity index (χ4n) is 3.43. The van der Waals surface area contributed by atoms with Gasteiger partial charge in [0.1, 0.15) is 6.33 Å². The molecule has 24 heavy (non-hydrogen) atoms. The van der Waals surface area contributed by atoms with Crippen LogP contribution < -0.4 is 0 Å². The van der Waals surface area contributed by atoms with Crippen molar-refractivity contribution in [2.24, 2.45) is 0 Å². The lowest BCUT2D eigenvalue weighted by molar-refractivity contribution is -0.137. The topological polar surface area (TPSA) is 46.1 Å². The molecule has 1 saturated heterocycles. The number of amides is 1. The molecule has 4 nitrogen and oxygen atoms in total. The third-order valence-electron chi connectivity index (χ3n) is 5.04. The Morgan fingerprint density at radius 1 is 1.21 bits per heavy atom. The molecule has 1 aromatic carbocycles. The Balaban J connectivity index is 1.77. The van der Waals surface area contributed by atoms with Crippen LogP contribution in [-0.2, 0) is 10.2 Å². The van der Waals surface area contributed by atoms with Gasteiger partial charge in [0.25, 0.3) is 0 Å². The molecule has 1 aliphatic heterocycles. The predicted octanol–water partition coefficient (Wildman–Crippen LogP) is 3.47. The quantitative estimate of drug-likeness (QED) is 0.869. The van der Waals surface area contributed by atoms with Crippen molar-refractivity contribution < 1.29 is 4.79 Å². The van der Waals surface area contributed by atoms with E-state index in [2.05, 4.69) is 41.2 Å². The van der Waals surface area contributed by atoms with Crippen LogP contribution in [0.25, 0.3) is 0 Å². The summed E-state index contributed by atoms with van der Waals surface area (Å²) in [5.74, 6) is 0.504. The normalized spacial score (nSPS) is 18.5. The summed E-state index contributed by atoms with van der Waals surface area (Å²) in [6.07, 6.45) is 5.46. The first-order chi connectivity index (χ1) is 11.5. The molecule has 0 spiro atoms. The fourth-order valence-corrected chi connectivity index (χ4v) is 3.43. The molecule has 126 valence electrons. The number of carbonyl (C=O) groups is 1. The molecule has 4 heteroatoms. The van der Waals surface area contributed by atoms with Gasteiger partial charge in [0, 0.05) is 30.9 Å². The minimum atomic E-state index is -0.513. The summed E-state index contributed by atoms with van der Waals surface area (Å²) in [4.78, 5) is 23.6. The Morgan fingerprint density at radius 3 is 2.62 bits per heavy atom. The van der Waals surface area contributed by atoms with E-state index in [1.807, 2.05) is 24.8 Å². The van der Waals surface area contributed by atoms with Crippen LogP contribution >= 0.6 is 0 Å². The molecule has 2 heterocycles. The molecule has 1 aromatic heterocycles. The number of hydrogen-bond donors (Lipinski definition) is 0. The fraction of sp³-hybridized carbons (Fsp3) is 0.450. The van der Waals surface area contributed by atoms with E-state index in [9.17, 15) is 4.79 Å². The zero-order valence-corrected chi connectivity index (χ0v) is 14.7. The van der Waals surface area contributed by atoms with E-state index in [1.54, 1.807) is 12.5 Å². The summed E-state index contributed by atoms with van der Waals surface area (Å²) in [6, 6.07) is 10.2. The number of hydrogen-bond acceptors (Lipinski definition) is 3. The van der Waals surface area contributed by atoms with Crippen LogP contribution in [0, 0.1) is 6.92 Å². The highest BCUT2D eigenvalue weighted by molar-refractivity contribution is 5.87. The Bertz CT molecular complexity index is 695. The lowest BCUT2D eigenvalue weighted by Gasteiger charge is -2.37. The van der Waals surface area contributed by atoms with Crippen LogP contribution in [0.2, 0.25) is 0 Å². The number of benzene rings is 1. The van der Waals surface area contributed by atoms with Gasteiger partial charge in [0.05, 0.1) is 5.41 Å². The SMILES string of the molecule is Cc1ccc(C(C)(C)C(=O)N2CCC[C@H](c3ccncn3)C2)cc1. The lowest BCUT2D eigenvalue weighted by Crippen LogP contribution is -2.47. The number of rotatable bonds is 3. The number of piperidine rings is 1. The van der Waals surface area contributed by atoms with E-state index in [0.717, 1.165) is 37.2 Å². The minimum Gasteiger partial charge on any atom is -0.341 e. The smallest absolute Gasteiger partial charge is 0.232 e. The molecular weight excluding hydrogens is 298 g/mol. The molecule has 0 aliphatic carbocycles. The van der Waals surface area contributed by atoms with Gasteiger partial charge < -0.3 is 4.90 Å². The maximum absolute atomic E-state index is 13.2. The number of likely N-dealkylation sites (tertiary alicyclic amines) is 1. The summed E-state index contributed by atoms with van der Waals surface area (Å²) in [5, 5.41) is 0. The van der Waals surface area contributed by atoms with Crippen molar-refractivity contribution in [3.05, 3.63) is 59.7 Å². The summed E-state index contributed by atoms with van der Waals surface area (Å²) >= 11 is 0. The summed E-state index contributed by atoms with van der Waals surface area (Å²) < 4.78 is 0. The van der Waals surface area contributed by atoms with Gasteiger partial charge in [-0.1, -0.05) is 29.8 Å². The van der Waals surface area contributed by atoms with Crippen molar-refractivity contribution in [2.45, 2.75) is 44.9 Å². The van der Waals surface area contributed by atoms with E-state index < -0.39 is 5.41 Å². The van der Waals surface area contributed by atoms with Gasteiger partial charge in [0.2, 0.25) is 5.91 Å². The maximum atomic E-state index is 13.2. The van der Waals surface area contributed by atoms with E-state index >= 15 is 0 Å². The first-order valence-electron chi connectivity index (χ1n) is 8.61. The van der Waals surface area contributed by atoms with Crippen LogP contribution in [0.5, 0.6) is 0 Å². The Labute approximate surface area is 143 Å². The Kier molecular flexibility index (Phi) is 4.65. The van der Waals surface area contributed by atoms with Crippen LogP contribution in [0.15, 0.2) is 42.9 Å². The molecule has 2 aromatic rings. The zero-order chi connectivity index (χ0) is 17.2. The second-order valence-corrected chi connectivity index (χ2v) is 7.22. The summed E-state index contributed by atoms with van der Waals surface area (Å²) in [7, 11) is 0. The second-order valence-electron chi connectivity index (χ2n) is 7.22. The van der Waals surface area contributed by atoms with E-state index in [1.165, 1.54) is 5.56 Å². The number of nitrogens with zero attached hydrogens (tertiary/aromatic N) is 3. The van der Waals surface area contributed by atoms with E-state index in [4.69, 9.17) is 0 Å². The van der Waals surface area contributed by atoms with Crippen LogP contribution in [0.3, 0.4) is 0 Å². The third kappa shape index (κ3) is 3.32. The van der Waals surface area contributed by atoms with Crippen molar-refractivity contribution in [2.75, 3.05) is 13.1 Å². The van der Waals surface area contributed by atoms with E-state index in [-0.39, 0.29) is 5.91 Å². The van der Waals surface area contributed by atoms with Crippen molar-refractivity contribution in [1.29, 1.82) is 0 Å². The molecule has 0 N–H and O–H groups in total. The minimum absolute atomic E-state index is 0.199. The molecular formula is C20H25N3O. The standard InChI is InChI=1S/C20H25N3O/c1-15-6-8-17(9-7-15)20(2,3)19(24)23-12-4-5-16(13-23)18-10-11-21-14-22-18/h6-11,14,16H,4-5,12-13H2,1-3H3/t16-/m0/s1. The monoisotopic (exact) mass is 323 g/mol. The number of aromatic nitrogens is 2. The third-order valence-corrected chi connectivity index (χ3v) is 5.04. The van der Waals surface area contributed by atoms with Gasteiger partial charge >= 0.3 is 0 Å². The molecule has 0 bridgehead atoms. The summed E-state index contributed by atoms with van der Waals surface area (Å²) in [6.45, 7) is 7.68. The molecule has 0 unspecified atom stereocenters. The Morgan fingerprint density at radius 2 is 1.96 bits per heavy atom. The van der Waals surface area contributed by atoms with Gasteiger partial charge in [-0.2, -0.15) is 0 Å². The van der Waals surface area contributed by atoms with Gasteiger partial charge in [0.15, 0.2) is 0 Å². The van der Waals surface area contributed by atoms with Gasteiger partial charge in [-0.3, -0.25) is 4.79 Å². The molecule has 1 amide bonds. The lowest BCUT2D eigenvalue weighted by atomic mass is 9.81. The highest BCUT2D eigenvalue weighted by atomic mass is 16.2. The average Bonchev–Trinajstić information content (AvgIpc) is 2.62.